The molecule has 3 amide bonds. The molecule has 2 bridgehead atoms. The molecule has 3 aliphatic rings. The van der Waals surface area contributed by atoms with Crippen molar-refractivity contribution in [2.45, 2.75) is 71.1 Å². The molecule has 5 rings (SSSR count). The Balaban J connectivity index is 1.40. The van der Waals surface area contributed by atoms with Crippen molar-refractivity contribution in [2.24, 2.45) is 18.4 Å². The standard InChI is InChI=1S/C34H47N5O7/c1-4-45-33(43)34(19-23-11-12-23)20-24-13-14-27(44-3)28(18-24)46-21-30(41)35-15-17-39(16-7-10-29(40)36-22-34)32(42)31-25-8-5-6-9-26(25)37-38(31)2/h13-14,18,23H,4-12,15-17,19-22H2,1-3H3,(H,35,41)(H,36,40). The number of hydrogen-bond donors (Lipinski definition) is 2. The van der Waals surface area contributed by atoms with Gasteiger partial charge in [-0.3, -0.25) is 23.9 Å². The van der Waals surface area contributed by atoms with Crippen LogP contribution < -0.4 is 20.1 Å². The zero-order chi connectivity index (χ0) is 32.7. The first-order valence-electron chi connectivity index (χ1n) is 16.6. The Kier molecular flexibility index (Phi) is 10.9. The number of benzene rings is 1. The van der Waals surface area contributed by atoms with Crippen molar-refractivity contribution < 1.29 is 33.4 Å². The monoisotopic (exact) mass is 637 g/mol. The quantitative estimate of drug-likeness (QED) is 0.461. The first-order valence-corrected chi connectivity index (χ1v) is 16.6. The summed E-state index contributed by atoms with van der Waals surface area (Å²) in [6, 6.07) is 5.41. The van der Waals surface area contributed by atoms with Gasteiger partial charge in [-0.2, -0.15) is 5.10 Å². The number of carbonyl (C=O) groups excluding carboxylic acids is 4. The lowest BCUT2D eigenvalue weighted by atomic mass is 9.76. The van der Waals surface area contributed by atoms with Crippen LogP contribution in [0.5, 0.6) is 11.5 Å². The summed E-state index contributed by atoms with van der Waals surface area (Å²) in [5, 5.41) is 10.5. The molecule has 1 unspecified atom stereocenters. The molecule has 1 aliphatic heterocycles. The molecule has 0 saturated heterocycles. The third-order valence-electron chi connectivity index (χ3n) is 9.18. The van der Waals surface area contributed by atoms with E-state index in [0.29, 0.717) is 48.9 Å². The van der Waals surface area contributed by atoms with Crippen LogP contribution in [0.4, 0.5) is 0 Å². The van der Waals surface area contributed by atoms with E-state index < -0.39 is 5.41 Å². The Hall–Kier alpha value is -4.09. The fourth-order valence-electron chi connectivity index (χ4n) is 6.65. The minimum Gasteiger partial charge on any atom is -0.493 e. The number of esters is 1. The van der Waals surface area contributed by atoms with Gasteiger partial charge in [0.25, 0.3) is 11.8 Å². The molecule has 1 aromatic carbocycles. The molecule has 0 radical (unpaired) electrons. The third kappa shape index (κ3) is 8.00. The molecule has 2 N–H and O–H groups in total. The number of fused-ring (bicyclic) bond motifs is 3. The first-order chi connectivity index (χ1) is 22.2. The van der Waals surface area contributed by atoms with Crippen molar-refractivity contribution in [3.63, 3.8) is 0 Å². The van der Waals surface area contributed by atoms with E-state index in [1.807, 2.05) is 6.07 Å². The van der Waals surface area contributed by atoms with E-state index in [0.717, 1.165) is 55.3 Å². The average molecular weight is 638 g/mol. The Morgan fingerprint density at radius 1 is 1.07 bits per heavy atom. The van der Waals surface area contributed by atoms with Crippen LogP contribution >= 0.6 is 0 Å². The van der Waals surface area contributed by atoms with Gasteiger partial charge in [0, 0.05) is 45.2 Å². The summed E-state index contributed by atoms with van der Waals surface area (Å²) in [7, 11) is 3.32. The molecule has 1 aromatic heterocycles. The molecule has 2 aliphatic carbocycles. The number of amides is 3. The van der Waals surface area contributed by atoms with Crippen molar-refractivity contribution >= 4 is 23.7 Å². The second-order valence-electron chi connectivity index (χ2n) is 12.7. The van der Waals surface area contributed by atoms with Crippen molar-refractivity contribution in [3.8, 4) is 11.5 Å². The number of aromatic nitrogens is 2. The van der Waals surface area contributed by atoms with Gasteiger partial charge in [0.2, 0.25) is 5.91 Å². The van der Waals surface area contributed by atoms with Crippen molar-refractivity contribution in [3.05, 3.63) is 40.7 Å². The maximum absolute atomic E-state index is 13.9. The summed E-state index contributed by atoms with van der Waals surface area (Å²) in [6.45, 7) is 2.71. The summed E-state index contributed by atoms with van der Waals surface area (Å²) in [6.07, 6.45) is 7.32. The molecule has 12 heteroatoms. The van der Waals surface area contributed by atoms with Gasteiger partial charge >= 0.3 is 5.97 Å². The lowest BCUT2D eigenvalue weighted by molar-refractivity contribution is -0.156. The lowest BCUT2D eigenvalue weighted by Crippen LogP contribution is -2.46. The normalized spacial score (nSPS) is 21.5. The Morgan fingerprint density at radius 2 is 1.87 bits per heavy atom. The molecular formula is C34H47N5O7. The second-order valence-corrected chi connectivity index (χ2v) is 12.7. The molecule has 46 heavy (non-hydrogen) atoms. The number of ether oxygens (including phenoxy) is 3. The number of methoxy groups -OCH3 is 1. The van der Waals surface area contributed by atoms with Crippen LogP contribution in [0.2, 0.25) is 0 Å². The van der Waals surface area contributed by atoms with Crippen molar-refractivity contribution in [1.29, 1.82) is 0 Å². The van der Waals surface area contributed by atoms with E-state index >= 15 is 0 Å². The topological polar surface area (TPSA) is 141 Å². The van der Waals surface area contributed by atoms with E-state index in [2.05, 4.69) is 15.7 Å². The Labute approximate surface area is 270 Å². The van der Waals surface area contributed by atoms with E-state index in [1.165, 1.54) is 7.11 Å². The highest BCUT2D eigenvalue weighted by Gasteiger charge is 2.45. The van der Waals surface area contributed by atoms with Gasteiger partial charge in [-0.05, 0) is 75.5 Å². The Bertz CT molecular complexity index is 1440. The summed E-state index contributed by atoms with van der Waals surface area (Å²) in [5.74, 6) is 0.183. The van der Waals surface area contributed by atoms with Gasteiger partial charge in [-0.25, -0.2) is 0 Å². The molecule has 1 fully saturated rings. The summed E-state index contributed by atoms with van der Waals surface area (Å²) < 4.78 is 18.7. The predicted octanol–water partition coefficient (Wildman–Crippen LogP) is 2.75. The minimum absolute atomic E-state index is 0.135. The highest BCUT2D eigenvalue weighted by molar-refractivity contribution is 5.94. The number of nitrogens with one attached hydrogen (secondary N) is 2. The van der Waals surface area contributed by atoms with Gasteiger partial charge < -0.3 is 29.7 Å². The zero-order valence-corrected chi connectivity index (χ0v) is 27.3. The highest BCUT2D eigenvalue weighted by atomic mass is 16.5. The maximum Gasteiger partial charge on any atom is 0.314 e. The number of carbonyl (C=O) groups is 4. The van der Waals surface area contributed by atoms with Crippen LogP contribution in [0.25, 0.3) is 0 Å². The SMILES string of the molecule is CCOC(=O)C1(CC2CC2)CNC(=O)CCCN(C(=O)c2c3c(nn2C)CCCC3)CCNC(=O)COc2cc(ccc2OC)C1. The number of hydrogen-bond acceptors (Lipinski definition) is 8. The van der Waals surface area contributed by atoms with Crippen LogP contribution in [0.1, 0.15) is 79.2 Å². The molecule has 1 saturated carbocycles. The first kappa shape index (κ1) is 33.3. The second kappa shape index (κ2) is 15.0. The number of aryl methyl sites for hydroxylation is 2. The zero-order valence-electron chi connectivity index (χ0n) is 27.3. The highest BCUT2D eigenvalue weighted by Crippen LogP contribution is 2.43. The van der Waals surface area contributed by atoms with Crippen LogP contribution in [0.15, 0.2) is 18.2 Å². The molecule has 12 nitrogen and oxygen atoms in total. The number of rotatable bonds is 6. The van der Waals surface area contributed by atoms with Crippen LogP contribution in [-0.4, -0.2) is 84.9 Å². The summed E-state index contributed by atoms with van der Waals surface area (Å²) in [5.41, 5.74) is 2.38. The van der Waals surface area contributed by atoms with E-state index in [1.54, 1.807) is 35.7 Å². The fourth-order valence-corrected chi connectivity index (χ4v) is 6.65. The van der Waals surface area contributed by atoms with Crippen LogP contribution in [0, 0.1) is 11.3 Å². The summed E-state index contributed by atoms with van der Waals surface area (Å²) in [4.78, 5) is 55.3. The summed E-state index contributed by atoms with van der Waals surface area (Å²) >= 11 is 0. The third-order valence-corrected chi connectivity index (χ3v) is 9.18. The molecule has 1 atom stereocenters. The van der Waals surface area contributed by atoms with Crippen molar-refractivity contribution in [2.75, 3.05) is 46.5 Å². The van der Waals surface area contributed by atoms with Crippen LogP contribution in [0.3, 0.4) is 0 Å². The van der Waals surface area contributed by atoms with Crippen molar-refractivity contribution in [1.82, 2.24) is 25.3 Å². The van der Waals surface area contributed by atoms with Gasteiger partial charge in [-0.1, -0.05) is 18.9 Å². The predicted molar refractivity (Wildman–Crippen MR) is 170 cm³/mol. The van der Waals surface area contributed by atoms with E-state index in [-0.39, 0.29) is 63.0 Å². The molecular weight excluding hydrogens is 590 g/mol. The van der Waals surface area contributed by atoms with Gasteiger partial charge in [0.15, 0.2) is 18.1 Å². The molecule has 2 heterocycles. The fraction of sp³-hybridized carbons (Fsp3) is 0.618. The number of nitrogens with zero attached hydrogens (tertiary/aromatic N) is 3. The average Bonchev–Trinajstić information content (AvgIpc) is 3.79. The lowest BCUT2D eigenvalue weighted by Gasteiger charge is -2.32. The maximum atomic E-state index is 13.9. The molecule has 0 spiro atoms. The molecule has 250 valence electrons. The van der Waals surface area contributed by atoms with E-state index in [9.17, 15) is 19.2 Å². The van der Waals surface area contributed by atoms with Gasteiger partial charge in [0.1, 0.15) is 5.69 Å². The largest absolute Gasteiger partial charge is 0.493 e. The molecule has 2 aromatic rings. The van der Waals surface area contributed by atoms with Crippen LogP contribution in [-0.2, 0) is 45.4 Å². The van der Waals surface area contributed by atoms with E-state index in [4.69, 9.17) is 14.2 Å². The van der Waals surface area contributed by atoms with Gasteiger partial charge in [0.05, 0.1) is 24.8 Å². The minimum atomic E-state index is -0.970. The van der Waals surface area contributed by atoms with Gasteiger partial charge in [-0.15, -0.1) is 0 Å². The smallest absolute Gasteiger partial charge is 0.314 e. The Morgan fingerprint density at radius 3 is 2.63 bits per heavy atom.